The van der Waals surface area contributed by atoms with Crippen LogP contribution in [-0.4, -0.2) is 23.0 Å². The van der Waals surface area contributed by atoms with Crippen molar-refractivity contribution in [1.82, 2.24) is 5.32 Å². The van der Waals surface area contributed by atoms with E-state index in [4.69, 9.17) is 9.47 Å². The second-order valence-electron chi connectivity index (χ2n) is 5.46. The fourth-order valence-electron chi connectivity index (χ4n) is 1.99. The summed E-state index contributed by atoms with van der Waals surface area (Å²) in [7, 11) is 0. The highest BCUT2D eigenvalue weighted by Crippen LogP contribution is 2.12. The largest absolute Gasteiger partial charge is 0.459 e. The lowest BCUT2D eigenvalue weighted by Crippen LogP contribution is -2.39. The maximum absolute atomic E-state index is 11.9. The van der Waals surface area contributed by atoms with Gasteiger partial charge >= 0.3 is 12.1 Å². The Bertz CT molecular complexity index is 761. The summed E-state index contributed by atoms with van der Waals surface area (Å²) in [5, 5.41) is 13.0. The van der Waals surface area contributed by atoms with E-state index >= 15 is 0 Å². The number of hydrogen-bond acceptors (Lipinski definition) is 6. The van der Waals surface area contributed by atoms with Crippen LogP contribution in [0.25, 0.3) is 0 Å². The van der Waals surface area contributed by atoms with Gasteiger partial charge in [0.2, 0.25) is 0 Å². The first kappa shape index (κ1) is 18.9. The van der Waals surface area contributed by atoms with Crippen molar-refractivity contribution in [3.05, 3.63) is 75.8 Å². The molecule has 8 nitrogen and oxygen atoms in total. The molecule has 1 amide bonds. The van der Waals surface area contributed by atoms with Crippen molar-refractivity contribution in [2.45, 2.75) is 26.2 Å². The molecule has 0 saturated heterocycles. The molecule has 26 heavy (non-hydrogen) atoms. The fourth-order valence-corrected chi connectivity index (χ4v) is 1.99. The van der Waals surface area contributed by atoms with Gasteiger partial charge in [0.15, 0.2) is 0 Å². The molecule has 1 unspecified atom stereocenters. The normalized spacial score (nSPS) is 11.3. The lowest BCUT2D eigenvalue weighted by Gasteiger charge is -2.13. The summed E-state index contributed by atoms with van der Waals surface area (Å²) in [5.41, 5.74) is 1.38. The minimum Gasteiger partial charge on any atom is -0.459 e. The summed E-state index contributed by atoms with van der Waals surface area (Å²) in [6.45, 7) is 1.51. The quantitative estimate of drug-likeness (QED) is 0.463. The van der Waals surface area contributed by atoms with Gasteiger partial charge in [0.05, 0.1) is 4.92 Å². The molecule has 0 aliphatic rings. The van der Waals surface area contributed by atoms with Crippen LogP contribution in [0.3, 0.4) is 0 Å². The molecule has 0 heterocycles. The van der Waals surface area contributed by atoms with Crippen molar-refractivity contribution in [1.29, 1.82) is 0 Å². The van der Waals surface area contributed by atoms with Gasteiger partial charge in [-0.3, -0.25) is 10.1 Å². The Morgan fingerprint density at radius 2 is 1.58 bits per heavy atom. The minimum atomic E-state index is -0.892. The molecule has 1 atom stereocenters. The van der Waals surface area contributed by atoms with Crippen molar-refractivity contribution in [3.63, 3.8) is 0 Å². The summed E-state index contributed by atoms with van der Waals surface area (Å²) >= 11 is 0. The van der Waals surface area contributed by atoms with Gasteiger partial charge in [-0.05, 0) is 30.2 Å². The number of rotatable bonds is 7. The molecule has 2 rings (SSSR count). The molecule has 0 aliphatic carbocycles. The predicted molar refractivity (Wildman–Crippen MR) is 92.1 cm³/mol. The summed E-state index contributed by atoms with van der Waals surface area (Å²) in [5.74, 6) is -0.639. The molecule has 136 valence electrons. The SMILES string of the molecule is CC(NC(=O)OCc1ccccc1)C(=O)OCc1ccc([N+](=O)[O-])cc1. The van der Waals surface area contributed by atoms with Crippen molar-refractivity contribution < 1.29 is 24.0 Å². The highest BCUT2D eigenvalue weighted by molar-refractivity contribution is 5.80. The molecule has 0 radical (unpaired) electrons. The highest BCUT2D eigenvalue weighted by Gasteiger charge is 2.18. The van der Waals surface area contributed by atoms with E-state index in [2.05, 4.69) is 5.32 Å². The average Bonchev–Trinajstić information content (AvgIpc) is 2.65. The molecule has 0 saturated carbocycles. The summed E-state index contributed by atoms with van der Waals surface area (Å²) < 4.78 is 10.1. The third kappa shape index (κ3) is 5.90. The van der Waals surface area contributed by atoms with Crippen LogP contribution in [0.1, 0.15) is 18.1 Å². The number of non-ortho nitro benzene ring substituents is 1. The number of ether oxygens (including phenoxy) is 2. The van der Waals surface area contributed by atoms with Gasteiger partial charge in [-0.2, -0.15) is 0 Å². The molecule has 8 heteroatoms. The topological polar surface area (TPSA) is 108 Å². The monoisotopic (exact) mass is 358 g/mol. The summed E-state index contributed by atoms with van der Waals surface area (Å²) in [6, 6.07) is 13.9. The van der Waals surface area contributed by atoms with Gasteiger partial charge in [0, 0.05) is 12.1 Å². The molecule has 0 bridgehead atoms. The van der Waals surface area contributed by atoms with Gasteiger partial charge in [-0.25, -0.2) is 9.59 Å². The van der Waals surface area contributed by atoms with Crippen molar-refractivity contribution >= 4 is 17.7 Å². The predicted octanol–water partition coefficient (Wildman–Crippen LogP) is 2.95. The van der Waals surface area contributed by atoms with Crippen LogP contribution < -0.4 is 5.32 Å². The van der Waals surface area contributed by atoms with Gasteiger partial charge in [0.25, 0.3) is 5.69 Å². The Kier molecular flexibility index (Phi) is 6.67. The third-order valence-corrected chi connectivity index (χ3v) is 3.43. The second-order valence-corrected chi connectivity index (χ2v) is 5.46. The van der Waals surface area contributed by atoms with Gasteiger partial charge < -0.3 is 14.8 Å². The van der Waals surface area contributed by atoms with Crippen LogP contribution in [0.4, 0.5) is 10.5 Å². The minimum absolute atomic E-state index is 0.0451. The van der Waals surface area contributed by atoms with E-state index in [1.807, 2.05) is 30.3 Å². The first-order valence-electron chi connectivity index (χ1n) is 7.83. The third-order valence-electron chi connectivity index (χ3n) is 3.43. The van der Waals surface area contributed by atoms with Crippen LogP contribution in [0.15, 0.2) is 54.6 Å². The van der Waals surface area contributed by atoms with Crippen molar-refractivity contribution in [2.24, 2.45) is 0 Å². The summed E-state index contributed by atoms with van der Waals surface area (Å²) in [4.78, 5) is 33.7. The highest BCUT2D eigenvalue weighted by atomic mass is 16.6. The second kappa shape index (κ2) is 9.16. The number of benzene rings is 2. The first-order chi connectivity index (χ1) is 12.5. The zero-order chi connectivity index (χ0) is 18.9. The number of nitro benzene ring substituents is 1. The van der Waals surface area contributed by atoms with Crippen LogP contribution >= 0.6 is 0 Å². The number of carbonyl (C=O) groups is 2. The molecule has 2 aromatic carbocycles. The fraction of sp³-hybridized carbons (Fsp3) is 0.222. The molecule has 1 N–H and O–H groups in total. The standard InChI is InChI=1S/C18H18N2O6/c1-13(19-18(22)26-12-14-5-3-2-4-6-14)17(21)25-11-15-7-9-16(10-8-15)20(23)24/h2-10,13H,11-12H2,1H3,(H,19,22). The lowest BCUT2D eigenvalue weighted by atomic mass is 10.2. The zero-order valence-electron chi connectivity index (χ0n) is 14.1. The van der Waals surface area contributed by atoms with E-state index in [1.54, 1.807) is 0 Å². The average molecular weight is 358 g/mol. The number of alkyl carbamates (subject to hydrolysis) is 1. The number of nitro groups is 1. The van der Waals surface area contributed by atoms with E-state index in [0.717, 1.165) is 5.56 Å². The Morgan fingerprint density at radius 3 is 2.19 bits per heavy atom. The number of carbonyl (C=O) groups excluding carboxylic acids is 2. The molecular weight excluding hydrogens is 340 g/mol. The number of hydrogen-bond donors (Lipinski definition) is 1. The lowest BCUT2D eigenvalue weighted by molar-refractivity contribution is -0.384. The van der Waals surface area contributed by atoms with Crippen molar-refractivity contribution in [3.8, 4) is 0 Å². The smallest absolute Gasteiger partial charge is 0.408 e. The van der Waals surface area contributed by atoms with Crippen LogP contribution in [0.2, 0.25) is 0 Å². The molecule has 2 aromatic rings. The van der Waals surface area contributed by atoms with Gasteiger partial charge in [0.1, 0.15) is 19.3 Å². The number of esters is 1. The Morgan fingerprint density at radius 1 is 1.00 bits per heavy atom. The first-order valence-corrected chi connectivity index (χ1v) is 7.83. The van der Waals surface area contributed by atoms with Crippen LogP contribution in [0.5, 0.6) is 0 Å². The molecule has 0 fully saturated rings. The van der Waals surface area contributed by atoms with E-state index in [9.17, 15) is 19.7 Å². The van der Waals surface area contributed by atoms with E-state index in [-0.39, 0.29) is 18.9 Å². The van der Waals surface area contributed by atoms with E-state index < -0.39 is 23.0 Å². The molecule has 0 aromatic heterocycles. The van der Waals surface area contributed by atoms with E-state index in [0.29, 0.717) is 5.56 Å². The van der Waals surface area contributed by atoms with Crippen molar-refractivity contribution in [2.75, 3.05) is 0 Å². The number of amides is 1. The maximum atomic E-state index is 11.9. The van der Waals surface area contributed by atoms with E-state index in [1.165, 1.54) is 31.2 Å². The van der Waals surface area contributed by atoms with Crippen LogP contribution in [-0.2, 0) is 27.5 Å². The molecule has 0 aliphatic heterocycles. The zero-order valence-corrected chi connectivity index (χ0v) is 14.1. The molecular formula is C18H18N2O6. The van der Waals surface area contributed by atoms with Crippen LogP contribution in [0, 0.1) is 10.1 Å². The Labute approximate surface area is 149 Å². The Hall–Kier alpha value is -3.42. The summed E-state index contributed by atoms with van der Waals surface area (Å²) in [6.07, 6.45) is -0.728. The number of nitrogens with zero attached hydrogens (tertiary/aromatic N) is 1. The van der Waals surface area contributed by atoms with Gasteiger partial charge in [-0.15, -0.1) is 0 Å². The number of nitrogens with one attached hydrogen (secondary N) is 1. The molecule has 0 spiro atoms. The Balaban J connectivity index is 1.74. The van der Waals surface area contributed by atoms with Gasteiger partial charge in [-0.1, -0.05) is 30.3 Å². The maximum Gasteiger partial charge on any atom is 0.408 e.